The second kappa shape index (κ2) is 5.22. The van der Waals surface area contributed by atoms with E-state index in [1.807, 2.05) is 0 Å². The average Bonchev–Trinajstić information content (AvgIpc) is 3.34. The Morgan fingerprint density at radius 3 is 1.35 bits per heavy atom. The summed E-state index contributed by atoms with van der Waals surface area (Å²) in [6.07, 6.45) is 18.2. The fraction of sp³-hybridized carbons (Fsp3) is 0.385. The maximum absolute atomic E-state index is 2.52. The molecule has 130 valence electrons. The van der Waals surface area contributed by atoms with Crippen molar-refractivity contribution in [1.29, 1.82) is 0 Å². The van der Waals surface area contributed by atoms with Crippen LogP contribution in [0.2, 0.25) is 0 Å². The third-order valence-electron chi connectivity index (χ3n) is 8.28. The van der Waals surface area contributed by atoms with Gasteiger partial charge < -0.3 is 0 Å². The SMILES string of the molecule is C1=CC(C23CCC(C4C=Cc5ccccc54)(CC2)CC3)c2ccccc21. The fourth-order valence-electron chi connectivity index (χ4n) is 6.74. The van der Waals surface area contributed by atoms with E-state index >= 15 is 0 Å². The highest BCUT2D eigenvalue weighted by Gasteiger charge is 2.55. The molecule has 2 aromatic carbocycles. The molecule has 2 unspecified atom stereocenters. The molecule has 0 aromatic heterocycles. The van der Waals surface area contributed by atoms with Crippen LogP contribution in [0.3, 0.4) is 0 Å². The highest BCUT2D eigenvalue weighted by atomic mass is 14.6. The summed E-state index contributed by atoms with van der Waals surface area (Å²) in [4.78, 5) is 0. The Bertz CT molecular complexity index is 827. The summed E-state index contributed by atoms with van der Waals surface area (Å²) in [5.74, 6) is 1.31. The van der Waals surface area contributed by atoms with Gasteiger partial charge in [0.1, 0.15) is 0 Å². The van der Waals surface area contributed by atoms with Crippen LogP contribution < -0.4 is 0 Å². The van der Waals surface area contributed by atoms with E-state index in [-0.39, 0.29) is 0 Å². The number of benzene rings is 2. The smallest absolute Gasteiger partial charge is 0.00837 e. The van der Waals surface area contributed by atoms with Crippen molar-refractivity contribution in [3.05, 3.63) is 82.9 Å². The van der Waals surface area contributed by atoms with Crippen molar-refractivity contribution >= 4 is 12.2 Å². The fourth-order valence-corrected chi connectivity index (χ4v) is 6.74. The van der Waals surface area contributed by atoms with Crippen LogP contribution in [-0.4, -0.2) is 0 Å². The van der Waals surface area contributed by atoms with Crippen LogP contribution in [0.5, 0.6) is 0 Å². The summed E-state index contributed by atoms with van der Waals surface area (Å²) >= 11 is 0. The Morgan fingerprint density at radius 1 is 0.538 bits per heavy atom. The van der Waals surface area contributed by atoms with Crippen molar-refractivity contribution < 1.29 is 0 Å². The zero-order valence-electron chi connectivity index (χ0n) is 15.3. The topological polar surface area (TPSA) is 0 Å². The predicted molar refractivity (Wildman–Crippen MR) is 109 cm³/mol. The van der Waals surface area contributed by atoms with Gasteiger partial charge in [0, 0.05) is 11.8 Å². The first-order chi connectivity index (χ1) is 12.8. The third-order valence-corrected chi connectivity index (χ3v) is 8.28. The molecule has 2 bridgehead atoms. The van der Waals surface area contributed by atoms with E-state index in [1.54, 1.807) is 11.1 Å². The van der Waals surface area contributed by atoms with E-state index in [1.165, 1.54) is 49.7 Å². The van der Waals surface area contributed by atoms with Gasteiger partial charge in [-0.25, -0.2) is 0 Å². The zero-order valence-corrected chi connectivity index (χ0v) is 15.3. The number of rotatable bonds is 2. The van der Waals surface area contributed by atoms with Gasteiger partial charge in [-0.3, -0.25) is 0 Å². The molecule has 0 heterocycles. The van der Waals surface area contributed by atoms with Crippen LogP contribution in [0.4, 0.5) is 0 Å². The zero-order chi connectivity index (χ0) is 17.2. The van der Waals surface area contributed by atoms with Crippen molar-refractivity contribution in [2.45, 2.75) is 50.4 Å². The largest absolute Gasteiger partial charge is 0.0758 e. The van der Waals surface area contributed by atoms with Gasteiger partial charge in [-0.15, -0.1) is 0 Å². The molecular formula is C26H26. The molecule has 2 atom stereocenters. The van der Waals surface area contributed by atoms with Crippen LogP contribution in [0.15, 0.2) is 60.7 Å². The van der Waals surface area contributed by atoms with E-state index < -0.39 is 0 Å². The monoisotopic (exact) mass is 338 g/mol. The van der Waals surface area contributed by atoms with E-state index in [0.717, 1.165) is 0 Å². The van der Waals surface area contributed by atoms with Gasteiger partial charge in [-0.2, -0.15) is 0 Å². The van der Waals surface area contributed by atoms with Gasteiger partial charge in [-0.1, -0.05) is 72.8 Å². The van der Waals surface area contributed by atoms with Gasteiger partial charge in [0.2, 0.25) is 0 Å². The summed E-state index contributed by atoms with van der Waals surface area (Å²) < 4.78 is 0. The summed E-state index contributed by atoms with van der Waals surface area (Å²) in [5, 5.41) is 0. The van der Waals surface area contributed by atoms with E-state index in [2.05, 4.69) is 72.8 Å². The molecular weight excluding hydrogens is 312 g/mol. The Kier molecular flexibility index (Phi) is 3.02. The predicted octanol–water partition coefficient (Wildman–Crippen LogP) is 6.95. The molecule has 0 N–H and O–H groups in total. The summed E-state index contributed by atoms with van der Waals surface area (Å²) in [6, 6.07) is 18.1. The lowest BCUT2D eigenvalue weighted by Crippen LogP contribution is -2.46. The van der Waals surface area contributed by atoms with Crippen LogP contribution in [0.25, 0.3) is 12.2 Å². The van der Waals surface area contributed by atoms with Crippen LogP contribution in [0.1, 0.15) is 72.6 Å². The summed E-state index contributed by atoms with van der Waals surface area (Å²) in [5.41, 5.74) is 7.14. The van der Waals surface area contributed by atoms with Crippen molar-refractivity contribution in [2.75, 3.05) is 0 Å². The Labute approximate surface area is 156 Å². The summed E-state index contributed by atoms with van der Waals surface area (Å²) in [6.45, 7) is 0. The molecule has 5 aliphatic rings. The third kappa shape index (κ3) is 1.91. The quantitative estimate of drug-likeness (QED) is 0.556. The first-order valence-corrected chi connectivity index (χ1v) is 10.3. The normalized spacial score (nSPS) is 36.3. The second-order valence-electron chi connectivity index (χ2n) is 9.16. The lowest BCUT2D eigenvalue weighted by Gasteiger charge is -2.58. The molecule has 0 heteroatoms. The molecule has 0 nitrogen and oxygen atoms in total. The van der Waals surface area contributed by atoms with Crippen LogP contribution in [0, 0.1) is 10.8 Å². The lowest BCUT2D eigenvalue weighted by molar-refractivity contribution is -0.0255. The van der Waals surface area contributed by atoms with Gasteiger partial charge >= 0.3 is 0 Å². The molecule has 3 fully saturated rings. The number of hydrogen-bond acceptors (Lipinski definition) is 0. The van der Waals surface area contributed by atoms with Gasteiger partial charge in [0.15, 0.2) is 0 Å². The molecule has 0 amide bonds. The molecule has 0 radical (unpaired) electrons. The first-order valence-electron chi connectivity index (χ1n) is 10.3. The first kappa shape index (κ1) is 15.0. The maximum atomic E-state index is 2.52. The minimum atomic E-state index is 0.521. The molecule has 26 heavy (non-hydrogen) atoms. The van der Waals surface area contributed by atoms with E-state index in [9.17, 15) is 0 Å². The highest BCUT2D eigenvalue weighted by Crippen LogP contribution is 2.67. The number of hydrogen-bond donors (Lipinski definition) is 0. The number of allylic oxidation sites excluding steroid dienone is 2. The van der Waals surface area contributed by atoms with Gasteiger partial charge in [-0.05, 0) is 71.6 Å². The molecule has 0 saturated heterocycles. The molecule has 5 aliphatic carbocycles. The Balaban J connectivity index is 1.31. The molecule has 0 spiro atoms. The standard InChI is InChI=1S/C26H26/c1-3-7-21-19(5-1)9-11-23(21)25-13-16-26(17-14-25,18-15-25)24-12-10-20-6-2-4-8-22(20)24/h1-12,23-24H,13-18H2. The molecule has 3 saturated carbocycles. The Morgan fingerprint density at radius 2 is 0.923 bits per heavy atom. The molecule has 2 aromatic rings. The minimum Gasteiger partial charge on any atom is -0.0758 e. The van der Waals surface area contributed by atoms with Crippen LogP contribution in [-0.2, 0) is 0 Å². The van der Waals surface area contributed by atoms with Crippen molar-refractivity contribution in [1.82, 2.24) is 0 Å². The van der Waals surface area contributed by atoms with Crippen molar-refractivity contribution in [3.8, 4) is 0 Å². The maximum Gasteiger partial charge on any atom is 0.00837 e. The average molecular weight is 338 g/mol. The minimum absolute atomic E-state index is 0.521. The van der Waals surface area contributed by atoms with E-state index in [0.29, 0.717) is 22.7 Å². The van der Waals surface area contributed by atoms with Gasteiger partial charge in [0.25, 0.3) is 0 Å². The van der Waals surface area contributed by atoms with Crippen molar-refractivity contribution in [3.63, 3.8) is 0 Å². The second-order valence-corrected chi connectivity index (χ2v) is 9.16. The van der Waals surface area contributed by atoms with Gasteiger partial charge in [0.05, 0.1) is 0 Å². The summed E-state index contributed by atoms with van der Waals surface area (Å²) in [7, 11) is 0. The molecule has 7 rings (SSSR count). The lowest BCUT2D eigenvalue weighted by atomic mass is 9.46. The van der Waals surface area contributed by atoms with E-state index in [4.69, 9.17) is 0 Å². The highest BCUT2D eigenvalue weighted by molar-refractivity contribution is 5.64. The number of fused-ring (bicyclic) bond motifs is 5. The van der Waals surface area contributed by atoms with Crippen LogP contribution >= 0.6 is 0 Å². The molecule has 0 aliphatic heterocycles. The Hall–Kier alpha value is -2.08. The van der Waals surface area contributed by atoms with Crippen molar-refractivity contribution in [2.24, 2.45) is 10.8 Å².